The fourth-order valence-electron chi connectivity index (χ4n) is 3.50. The maximum atomic E-state index is 11.9. The number of anilines is 1. The fraction of sp³-hybridized carbons (Fsp3) is 0.550. The Morgan fingerprint density at radius 1 is 1.29 bits per heavy atom. The quantitative estimate of drug-likeness (QED) is 0.525. The summed E-state index contributed by atoms with van der Waals surface area (Å²) in [7, 11) is 3.07. The van der Waals surface area contributed by atoms with Gasteiger partial charge in [0.2, 0.25) is 0 Å². The minimum atomic E-state index is -0.323. The monoisotopic (exact) mass is 404 g/mol. The average Bonchev–Trinajstić information content (AvgIpc) is 3.14. The van der Waals surface area contributed by atoms with Crippen LogP contribution in [0.15, 0.2) is 29.4 Å². The molecule has 0 saturated heterocycles. The number of hydrogen-bond acceptors (Lipinski definition) is 7. The van der Waals surface area contributed by atoms with Crippen LogP contribution in [-0.2, 0) is 16.1 Å². The summed E-state index contributed by atoms with van der Waals surface area (Å²) < 4.78 is 12.4. The topological polar surface area (TPSA) is 78.3 Å². The number of thioether (sulfide) groups is 1. The van der Waals surface area contributed by atoms with E-state index >= 15 is 0 Å². The number of esters is 1. The molecule has 0 bridgehead atoms. The van der Waals surface area contributed by atoms with E-state index in [0.29, 0.717) is 12.6 Å². The van der Waals surface area contributed by atoms with Crippen molar-refractivity contribution in [2.45, 2.75) is 62.0 Å². The normalized spacial score (nSPS) is 15.8. The second-order valence-electron chi connectivity index (χ2n) is 6.93. The van der Waals surface area contributed by atoms with E-state index in [-0.39, 0.29) is 11.2 Å². The van der Waals surface area contributed by atoms with Gasteiger partial charge in [0, 0.05) is 17.8 Å². The highest BCUT2D eigenvalue weighted by Gasteiger charge is 2.26. The molecule has 3 rings (SSSR count). The lowest BCUT2D eigenvalue weighted by molar-refractivity contribution is -0.139. The van der Waals surface area contributed by atoms with Crippen LogP contribution in [0.4, 0.5) is 5.69 Å². The second kappa shape index (κ2) is 9.82. The van der Waals surface area contributed by atoms with Gasteiger partial charge in [-0.25, -0.2) is 0 Å². The molecule has 1 aliphatic rings. The first-order valence-corrected chi connectivity index (χ1v) is 10.6. The third kappa shape index (κ3) is 4.98. The number of carbonyl (C=O) groups is 1. The Morgan fingerprint density at radius 3 is 2.79 bits per heavy atom. The summed E-state index contributed by atoms with van der Waals surface area (Å²) in [5.74, 6) is 1.44. The Hall–Kier alpha value is -2.22. The first kappa shape index (κ1) is 20.5. The van der Waals surface area contributed by atoms with Crippen molar-refractivity contribution in [1.82, 2.24) is 14.8 Å². The third-order valence-electron chi connectivity index (χ3n) is 5.01. The minimum Gasteiger partial charge on any atom is -0.497 e. The Morgan fingerprint density at radius 2 is 2.07 bits per heavy atom. The van der Waals surface area contributed by atoms with Gasteiger partial charge in [-0.3, -0.25) is 4.79 Å². The first-order valence-electron chi connectivity index (χ1n) is 9.68. The summed E-state index contributed by atoms with van der Waals surface area (Å²) in [6.07, 6.45) is 5.93. The highest BCUT2D eigenvalue weighted by molar-refractivity contribution is 8.00. The van der Waals surface area contributed by atoms with E-state index < -0.39 is 0 Å². The summed E-state index contributed by atoms with van der Waals surface area (Å²) >= 11 is 1.41. The van der Waals surface area contributed by atoms with Gasteiger partial charge in [0.05, 0.1) is 20.8 Å². The maximum absolute atomic E-state index is 11.9. The van der Waals surface area contributed by atoms with Crippen LogP contribution in [0, 0.1) is 0 Å². The molecule has 152 valence electrons. The van der Waals surface area contributed by atoms with Crippen molar-refractivity contribution in [3.05, 3.63) is 30.1 Å². The fourth-order valence-corrected chi connectivity index (χ4v) is 4.47. The summed E-state index contributed by atoms with van der Waals surface area (Å²) in [4.78, 5) is 11.9. The van der Waals surface area contributed by atoms with Gasteiger partial charge in [-0.15, -0.1) is 10.2 Å². The van der Waals surface area contributed by atoms with Crippen molar-refractivity contribution in [1.29, 1.82) is 0 Å². The lowest BCUT2D eigenvalue weighted by atomic mass is 9.95. The molecule has 1 fully saturated rings. The zero-order chi connectivity index (χ0) is 19.9. The number of benzene rings is 1. The predicted molar refractivity (Wildman–Crippen MR) is 110 cm³/mol. The van der Waals surface area contributed by atoms with Crippen molar-refractivity contribution in [2.75, 3.05) is 19.5 Å². The highest BCUT2D eigenvalue weighted by Crippen LogP contribution is 2.34. The van der Waals surface area contributed by atoms with Gasteiger partial charge in [-0.05, 0) is 31.9 Å². The Bertz CT molecular complexity index is 790. The van der Waals surface area contributed by atoms with Crippen LogP contribution in [-0.4, -0.2) is 40.2 Å². The van der Waals surface area contributed by atoms with Crippen molar-refractivity contribution in [2.24, 2.45) is 0 Å². The lowest BCUT2D eigenvalue weighted by Gasteiger charge is -2.26. The predicted octanol–water partition coefficient (Wildman–Crippen LogP) is 4.06. The van der Waals surface area contributed by atoms with Crippen LogP contribution in [0.25, 0.3) is 0 Å². The molecule has 1 N–H and O–H groups in total. The molecule has 1 heterocycles. The number of carbonyl (C=O) groups excluding carboxylic acids is 1. The summed E-state index contributed by atoms with van der Waals surface area (Å²) in [5.41, 5.74) is 0.967. The van der Waals surface area contributed by atoms with Gasteiger partial charge in [-0.1, -0.05) is 37.1 Å². The zero-order valence-corrected chi connectivity index (χ0v) is 17.5. The average molecular weight is 405 g/mol. The van der Waals surface area contributed by atoms with Crippen LogP contribution in [0.3, 0.4) is 0 Å². The molecule has 28 heavy (non-hydrogen) atoms. The number of nitrogens with one attached hydrogen (secondary N) is 1. The summed E-state index contributed by atoms with van der Waals surface area (Å²) in [5, 5.41) is 12.7. The molecule has 7 nitrogen and oxygen atoms in total. The van der Waals surface area contributed by atoms with Crippen LogP contribution < -0.4 is 10.1 Å². The Balaban J connectivity index is 1.79. The number of hydrogen-bond donors (Lipinski definition) is 1. The van der Waals surface area contributed by atoms with E-state index in [2.05, 4.69) is 20.1 Å². The van der Waals surface area contributed by atoms with Gasteiger partial charge < -0.3 is 19.4 Å². The van der Waals surface area contributed by atoms with Crippen molar-refractivity contribution in [3.63, 3.8) is 0 Å². The van der Waals surface area contributed by atoms with Crippen molar-refractivity contribution in [3.8, 4) is 5.75 Å². The molecule has 1 unspecified atom stereocenters. The van der Waals surface area contributed by atoms with Crippen molar-refractivity contribution < 1.29 is 14.3 Å². The standard InChI is InChI=1S/C20H28N4O3S/c1-14(19(25)27-3)28-20-23-22-18(24(20)16-9-5-4-6-10-16)13-21-15-8-7-11-17(12-15)26-2/h7-8,11-12,14,16,21H,4-6,9-10,13H2,1-3H3. The molecule has 0 aliphatic heterocycles. The van der Waals surface area contributed by atoms with Gasteiger partial charge in [0.25, 0.3) is 0 Å². The molecule has 1 saturated carbocycles. The highest BCUT2D eigenvalue weighted by atomic mass is 32.2. The van der Waals surface area contributed by atoms with Gasteiger partial charge in [0.15, 0.2) is 11.0 Å². The number of nitrogens with zero attached hydrogens (tertiary/aromatic N) is 3. The van der Waals surface area contributed by atoms with E-state index in [4.69, 9.17) is 9.47 Å². The molecule has 1 aromatic heterocycles. The van der Waals surface area contributed by atoms with Crippen LogP contribution in [0.2, 0.25) is 0 Å². The van der Waals surface area contributed by atoms with E-state index in [1.165, 1.54) is 38.1 Å². The second-order valence-corrected chi connectivity index (χ2v) is 8.24. The molecular formula is C20H28N4O3S. The smallest absolute Gasteiger partial charge is 0.318 e. The molecule has 1 atom stereocenters. The third-order valence-corrected chi connectivity index (χ3v) is 6.05. The van der Waals surface area contributed by atoms with Gasteiger partial charge in [0.1, 0.15) is 11.0 Å². The minimum absolute atomic E-state index is 0.251. The molecule has 0 amide bonds. The van der Waals surface area contributed by atoms with Gasteiger partial charge in [-0.2, -0.15) is 0 Å². The Kier molecular flexibility index (Phi) is 7.19. The lowest BCUT2D eigenvalue weighted by Crippen LogP contribution is -2.20. The number of methoxy groups -OCH3 is 2. The largest absolute Gasteiger partial charge is 0.497 e. The van der Waals surface area contributed by atoms with Gasteiger partial charge >= 0.3 is 5.97 Å². The molecule has 1 aromatic carbocycles. The van der Waals surface area contributed by atoms with E-state index in [1.54, 1.807) is 7.11 Å². The van der Waals surface area contributed by atoms with E-state index in [1.807, 2.05) is 31.2 Å². The summed E-state index contributed by atoms with van der Waals surface area (Å²) in [6, 6.07) is 8.19. The number of ether oxygens (including phenoxy) is 2. The number of aromatic nitrogens is 3. The molecule has 1 aliphatic carbocycles. The first-order chi connectivity index (χ1) is 13.6. The van der Waals surface area contributed by atoms with Crippen molar-refractivity contribution >= 4 is 23.4 Å². The molecule has 2 aromatic rings. The molecule has 8 heteroatoms. The molecule has 0 radical (unpaired) electrons. The molecule has 0 spiro atoms. The zero-order valence-electron chi connectivity index (χ0n) is 16.7. The van der Waals surface area contributed by atoms with E-state index in [9.17, 15) is 4.79 Å². The SMILES string of the molecule is COC(=O)C(C)Sc1nnc(CNc2cccc(OC)c2)n1C1CCCCC1. The molecular weight excluding hydrogens is 376 g/mol. The van der Waals surface area contributed by atoms with Crippen LogP contribution in [0.5, 0.6) is 5.75 Å². The number of rotatable bonds is 8. The summed E-state index contributed by atoms with van der Waals surface area (Å²) in [6.45, 7) is 2.40. The van der Waals surface area contributed by atoms with Crippen LogP contribution in [0.1, 0.15) is 50.9 Å². The van der Waals surface area contributed by atoms with Crippen LogP contribution >= 0.6 is 11.8 Å². The Labute approximate surface area is 170 Å². The van der Waals surface area contributed by atoms with E-state index in [0.717, 1.165) is 35.3 Å². The maximum Gasteiger partial charge on any atom is 0.318 e.